The normalized spacial score (nSPS) is 21.0. The summed E-state index contributed by atoms with van der Waals surface area (Å²) in [5, 5.41) is 0.775. The lowest BCUT2D eigenvalue weighted by Gasteiger charge is -2.40. The molecular weight excluding hydrogens is 360 g/mol. The lowest BCUT2D eigenvalue weighted by atomic mass is 9.97. The standard InChI is InChI=1S/C21H26N2O3S/c1-13-9-8-10-14(2)23(13)20(24)16(4)26-21(25)18-15(3)22-19(27-18)17-11-6-5-7-12-17/h5-7,11-14,16H,8-10H2,1-4H3/t13-,14+,16-/m0/s1. The number of rotatable bonds is 4. The summed E-state index contributed by atoms with van der Waals surface area (Å²) in [4.78, 5) is 32.3. The van der Waals surface area contributed by atoms with E-state index in [4.69, 9.17) is 4.74 Å². The molecule has 6 heteroatoms. The van der Waals surface area contributed by atoms with Crippen LogP contribution in [0.5, 0.6) is 0 Å². The van der Waals surface area contributed by atoms with Gasteiger partial charge < -0.3 is 9.64 Å². The van der Waals surface area contributed by atoms with E-state index in [-0.39, 0.29) is 18.0 Å². The number of carbonyl (C=O) groups is 2. The van der Waals surface area contributed by atoms with E-state index in [1.807, 2.05) is 35.2 Å². The molecule has 0 saturated carbocycles. The monoisotopic (exact) mass is 386 g/mol. The second-order valence-electron chi connectivity index (χ2n) is 7.22. The lowest BCUT2D eigenvalue weighted by molar-refractivity contribution is -0.146. The van der Waals surface area contributed by atoms with Gasteiger partial charge in [-0.1, -0.05) is 30.3 Å². The first-order chi connectivity index (χ1) is 12.9. The van der Waals surface area contributed by atoms with Crippen LogP contribution in [-0.4, -0.2) is 39.9 Å². The minimum atomic E-state index is -0.804. The smallest absolute Gasteiger partial charge is 0.351 e. The molecule has 1 amide bonds. The van der Waals surface area contributed by atoms with Crippen LogP contribution in [-0.2, 0) is 9.53 Å². The molecule has 144 valence electrons. The van der Waals surface area contributed by atoms with Crippen molar-refractivity contribution in [2.24, 2.45) is 0 Å². The lowest BCUT2D eigenvalue weighted by Crippen LogP contribution is -2.51. The fraction of sp³-hybridized carbons (Fsp3) is 0.476. The van der Waals surface area contributed by atoms with E-state index in [1.165, 1.54) is 11.3 Å². The predicted molar refractivity (Wildman–Crippen MR) is 107 cm³/mol. The van der Waals surface area contributed by atoms with Gasteiger partial charge in [0.15, 0.2) is 6.10 Å². The van der Waals surface area contributed by atoms with Gasteiger partial charge in [-0.15, -0.1) is 11.3 Å². The molecule has 0 N–H and O–H groups in total. The minimum Gasteiger partial charge on any atom is -0.448 e. The average molecular weight is 387 g/mol. The summed E-state index contributed by atoms with van der Waals surface area (Å²) in [6.07, 6.45) is 2.31. The third-order valence-electron chi connectivity index (χ3n) is 5.08. The van der Waals surface area contributed by atoms with Crippen LogP contribution in [0.2, 0.25) is 0 Å². The number of esters is 1. The van der Waals surface area contributed by atoms with Crippen molar-refractivity contribution in [3.8, 4) is 10.6 Å². The third kappa shape index (κ3) is 4.21. The molecule has 2 aromatic rings. The summed E-state index contributed by atoms with van der Waals surface area (Å²) in [5.41, 5.74) is 1.59. The van der Waals surface area contributed by atoms with Crippen LogP contribution in [0, 0.1) is 6.92 Å². The number of thiazole rings is 1. The summed E-state index contributed by atoms with van der Waals surface area (Å²) >= 11 is 1.30. The maximum Gasteiger partial charge on any atom is 0.351 e. The molecule has 1 aliphatic heterocycles. The van der Waals surface area contributed by atoms with Crippen LogP contribution in [0.1, 0.15) is 55.4 Å². The number of nitrogens with zero attached hydrogens (tertiary/aromatic N) is 2. The molecule has 1 aliphatic rings. The van der Waals surface area contributed by atoms with Crippen molar-refractivity contribution in [2.75, 3.05) is 0 Å². The number of likely N-dealkylation sites (tertiary alicyclic amines) is 1. The number of aromatic nitrogens is 1. The molecule has 0 bridgehead atoms. The van der Waals surface area contributed by atoms with Crippen LogP contribution in [0.25, 0.3) is 10.6 Å². The van der Waals surface area contributed by atoms with E-state index in [0.29, 0.717) is 10.6 Å². The highest BCUT2D eigenvalue weighted by Crippen LogP contribution is 2.29. The van der Waals surface area contributed by atoms with Crippen LogP contribution in [0.3, 0.4) is 0 Å². The van der Waals surface area contributed by atoms with E-state index in [9.17, 15) is 9.59 Å². The number of piperidine rings is 1. The van der Waals surface area contributed by atoms with Gasteiger partial charge in [-0.25, -0.2) is 9.78 Å². The first-order valence-electron chi connectivity index (χ1n) is 9.44. The molecule has 1 fully saturated rings. The molecule has 1 saturated heterocycles. The Bertz CT molecular complexity index is 808. The van der Waals surface area contributed by atoms with Gasteiger partial charge in [0.05, 0.1) is 5.69 Å². The van der Waals surface area contributed by atoms with Crippen molar-refractivity contribution >= 4 is 23.2 Å². The fourth-order valence-electron chi connectivity index (χ4n) is 3.62. The first kappa shape index (κ1) is 19.5. The Kier molecular flexibility index (Phi) is 5.95. The van der Waals surface area contributed by atoms with Gasteiger partial charge in [-0.3, -0.25) is 4.79 Å². The molecule has 0 aliphatic carbocycles. The highest BCUT2D eigenvalue weighted by Gasteiger charge is 2.33. The summed E-state index contributed by atoms with van der Waals surface area (Å²) in [7, 11) is 0. The topological polar surface area (TPSA) is 59.5 Å². The number of benzene rings is 1. The second-order valence-corrected chi connectivity index (χ2v) is 8.22. The van der Waals surface area contributed by atoms with E-state index >= 15 is 0 Å². The van der Waals surface area contributed by atoms with Crippen LogP contribution in [0.4, 0.5) is 0 Å². The van der Waals surface area contributed by atoms with E-state index in [1.54, 1.807) is 13.8 Å². The van der Waals surface area contributed by atoms with Crippen molar-refractivity contribution < 1.29 is 14.3 Å². The van der Waals surface area contributed by atoms with E-state index in [2.05, 4.69) is 18.8 Å². The van der Waals surface area contributed by atoms with Crippen LogP contribution >= 0.6 is 11.3 Å². The van der Waals surface area contributed by atoms with Crippen molar-refractivity contribution in [1.82, 2.24) is 9.88 Å². The Morgan fingerprint density at radius 2 is 1.81 bits per heavy atom. The summed E-state index contributed by atoms with van der Waals surface area (Å²) in [6, 6.07) is 10.1. The van der Waals surface area contributed by atoms with Gasteiger partial charge >= 0.3 is 5.97 Å². The molecule has 27 heavy (non-hydrogen) atoms. The highest BCUT2D eigenvalue weighted by atomic mass is 32.1. The molecule has 3 atom stereocenters. The number of carbonyl (C=O) groups excluding carboxylic acids is 2. The van der Waals surface area contributed by atoms with Crippen molar-refractivity contribution in [3.05, 3.63) is 40.9 Å². The minimum absolute atomic E-state index is 0.117. The molecule has 0 radical (unpaired) electrons. The van der Waals surface area contributed by atoms with Gasteiger partial charge in [-0.05, 0) is 47.0 Å². The summed E-state index contributed by atoms with van der Waals surface area (Å²) < 4.78 is 5.52. The zero-order valence-electron chi connectivity index (χ0n) is 16.3. The van der Waals surface area contributed by atoms with E-state index < -0.39 is 12.1 Å². The number of hydrogen-bond acceptors (Lipinski definition) is 5. The number of aryl methyl sites for hydroxylation is 1. The molecule has 3 rings (SSSR count). The largest absolute Gasteiger partial charge is 0.448 e. The van der Waals surface area contributed by atoms with Gasteiger partial charge in [0.2, 0.25) is 0 Å². The van der Waals surface area contributed by atoms with Crippen LogP contribution < -0.4 is 0 Å². The predicted octanol–water partition coefficient (Wildman–Crippen LogP) is 4.45. The average Bonchev–Trinajstić information content (AvgIpc) is 3.04. The number of amides is 1. The second kappa shape index (κ2) is 8.21. The van der Waals surface area contributed by atoms with Crippen molar-refractivity contribution in [1.29, 1.82) is 0 Å². The molecule has 2 heterocycles. The van der Waals surface area contributed by atoms with Gasteiger partial charge in [0.1, 0.15) is 9.88 Å². The van der Waals surface area contributed by atoms with E-state index in [0.717, 1.165) is 29.8 Å². The van der Waals surface area contributed by atoms with Gasteiger partial charge in [0.25, 0.3) is 5.91 Å². The van der Waals surface area contributed by atoms with Crippen LogP contribution in [0.15, 0.2) is 30.3 Å². The zero-order chi connectivity index (χ0) is 19.6. The Balaban J connectivity index is 1.71. The molecular formula is C21H26N2O3S. The fourth-order valence-corrected chi connectivity index (χ4v) is 4.57. The summed E-state index contributed by atoms with van der Waals surface area (Å²) in [5.74, 6) is -0.598. The third-order valence-corrected chi connectivity index (χ3v) is 6.27. The SMILES string of the molecule is Cc1nc(-c2ccccc2)sc1C(=O)O[C@@H](C)C(=O)N1[C@H](C)CCC[C@@H]1C. The van der Waals surface area contributed by atoms with Gasteiger partial charge in [0, 0.05) is 17.6 Å². The Hall–Kier alpha value is -2.21. The van der Waals surface area contributed by atoms with Crippen molar-refractivity contribution in [3.63, 3.8) is 0 Å². The molecule has 5 nitrogen and oxygen atoms in total. The summed E-state index contributed by atoms with van der Waals surface area (Å²) in [6.45, 7) is 7.56. The maximum atomic E-state index is 12.8. The molecule has 1 aromatic heterocycles. The molecule has 0 spiro atoms. The van der Waals surface area contributed by atoms with Gasteiger partial charge in [-0.2, -0.15) is 0 Å². The Morgan fingerprint density at radius 1 is 1.19 bits per heavy atom. The Labute approximate surface area is 164 Å². The molecule has 0 unspecified atom stereocenters. The number of ether oxygens (including phenoxy) is 1. The number of hydrogen-bond donors (Lipinski definition) is 0. The maximum absolute atomic E-state index is 12.8. The highest BCUT2D eigenvalue weighted by molar-refractivity contribution is 7.17. The first-order valence-corrected chi connectivity index (χ1v) is 10.3. The quantitative estimate of drug-likeness (QED) is 0.728. The zero-order valence-corrected chi connectivity index (χ0v) is 17.1. The Morgan fingerprint density at radius 3 is 2.44 bits per heavy atom. The van der Waals surface area contributed by atoms with Crippen molar-refractivity contribution in [2.45, 2.75) is 65.1 Å². The molecule has 1 aromatic carbocycles.